The maximum Gasteiger partial charge on any atom is 0.216 e. The molecule has 0 spiro atoms. The molecule has 6 heteroatoms. The van der Waals surface area contributed by atoms with Gasteiger partial charge >= 0.3 is 0 Å². The summed E-state index contributed by atoms with van der Waals surface area (Å²) in [6, 6.07) is 35.9. The summed E-state index contributed by atoms with van der Waals surface area (Å²) in [7, 11) is -1.37. The van der Waals surface area contributed by atoms with E-state index in [1.165, 1.54) is 33.0 Å². The molecule has 0 fully saturated rings. The van der Waals surface area contributed by atoms with Gasteiger partial charge in [0.2, 0.25) is 5.71 Å². The molecule has 1 radical (unpaired) electrons. The van der Waals surface area contributed by atoms with E-state index in [0.29, 0.717) is 11.6 Å². The van der Waals surface area contributed by atoms with Gasteiger partial charge < -0.3 is 14.4 Å². The van der Waals surface area contributed by atoms with Crippen LogP contribution >= 0.6 is 0 Å². The first-order chi connectivity index (χ1) is 25.3. The van der Waals surface area contributed by atoms with Crippen LogP contribution in [0.4, 0.5) is 0 Å². The zero-order valence-electron chi connectivity index (χ0n) is 33.5. The molecule has 0 unspecified atom stereocenters. The van der Waals surface area contributed by atoms with Crippen molar-refractivity contribution in [3.8, 4) is 33.8 Å². The molecule has 7 aromatic rings. The van der Waals surface area contributed by atoms with Crippen LogP contribution in [0.3, 0.4) is 0 Å². The Hall–Kier alpha value is -4.22. The van der Waals surface area contributed by atoms with Gasteiger partial charge in [0.05, 0.1) is 19.4 Å². The fourth-order valence-corrected chi connectivity index (χ4v) is 8.88. The number of nitrogens with zero attached hydrogens (tertiary/aromatic N) is 3. The number of aromatic nitrogens is 3. The first kappa shape index (κ1) is 41.0. The Labute approximate surface area is 337 Å². The van der Waals surface area contributed by atoms with Crippen LogP contribution < -0.4 is 5.19 Å². The van der Waals surface area contributed by atoms with Gasteiger partial charge in [-0.15, -0.1) is 59.7 Å². The van der Waals surface area contributed by atoms with Crippen LogP contribution in [0.5, 0.6) is 0 Å². The van der Waals surface area contributed by atoms with E-state index in [1.807, 2.05) is 30.5 Å². The number of benzene rings is 3. The Kier molecular flexibility index (Phi) is 12.9. The standard InChI is InChI=1S/C29H27N2O.C19H26NSi.Ir/c1-5-20(6-2)21-14-15-30-26(17-21)22-10-13-27-24(16-22)23-11-12-25(31-29(23)32-27)28-18(3)8-7-9-19(28)4;1-19(2,3)13-16-12-17(15-10-8-7-9-11-15)20-14-18(16)21(4,5)6;/h7-9,11-17,20H,5-6H2,1-4H3;7-10,12,14H,13H2,1-6H3;/q2*-1;. The van der Waals surface area contributed by atoms with E-state index in [-0.39, 0.29) is 25.5 Å². The Morgan fingerprint density at radius 2 is 1.48 bits per heavy atom. The number of pyridine rings is 3. The quantitative estimate of drug-likeness (QED) is 0.113. The van der Waals surface area contributed by atoms with E-state index in [2.05, 4.69) is 152 Å². The minimum atomic E-state index is -1.37. The van der Waals surface area contributed by atoms with Crippen molar-refractivity contribution in [1.82, 2.24) is 15.0 Å². The molecular formula is C48H53IrN3OSi-2. The molecule has 0 saturated heterocycles. The van der Waals surface area contributed by atoms with E-state index in [4.69, 9.17) is 14.4 Å². The number of fused-ring (bicyclic) bond motifs is 3. The van der Waals surface area contributed by atoms with Gasteiger partial charge in [-0.25, -0.2) is 4.98 Å². The third-order valence-corrected chi connectivity index (χ3v) is 12.1. The number of aryl methyl sites for hydroxylation is 2. The van der Waals surface area contributed by atoms with E-state index >= 15 is 0 Å². The van der Waals surface area contributed by atoms with Crippen LogP contribution in [0.15, 0.2) is 102 Å². The molecule has 4 heterocycles. The summed E-state index contributed by atoms with van der Waals surface area (Å²) in [6.45, 7) is 22.8. The van der Waals surface area contributed by atoms with Crippen molar-refractivity contribution in [2.75, 3.05) is 0 Å². The number of rotatable bonds is 8. The van der Waals surface area contributed by atoms with Crippen LogP contribution in [-0.4, -0.2) is 23.0 Å². The van der Waals surface area contributed by atoms with Crippen molar-refractivity contribution in [1.29, 1.82) is 0 Å². The number of hydrogen-bond donors (Lipinski definition) is 0. The van der Waals surface area contributed by atoms with Gasteiger partial charge in [0, 0.05) is 43.4 Å². The predicted molar refractivity (Wildman–Crippen MR) is 226 cm³/mol. The summed E-state index contributed by atoms with van der Waals surface area (Å²) in [5.41, 5.74) is 13.1. The molecule has 281 valence electrons. The van der Waals surface area contributed by atoms with Crippen LogP contribution in [0.25, 0.3) is 55.8 Å². The molecule has 0 aliphatic heterocycles. The SMILES string of the molecule is CC(C)(C)Cc1cc(-c2[c-]cccc2)ncc1[Si](C)(C)C.CCC(CC)c1ccnc(-c2[c-]cc3oc4nc(-c5c(C)cccc5C)ccc4c3c2)c1.[Ir]. The van der Waals surface area contributed by atoms with Gasteiger partial charge in [-0.05, 0) is 90.3 Å². The summed E-state index contributed by atoms with van der Waals surface area (Å²) in [6.07, 6.45) is 7.37. The topological polar surface area (TPSA) is 51.8 Å². The minimum Gasteiger partial charge on any atom is -0.486 e. The molecular weight excluding hydrogens is 855 g/mol. The zero-order chi connectivity index (χ0) is 37.9. The van der Waals surface area contributed by atoms with Gasteiger partial charge in [-0.2, -0.15) is 0 Å². The molecule has 4 aromatic heterocycles. The molecule has 7 rings (SSSR count). The monoisotopic (exact) mass is 908 g/mol. The van der Waals surface area contributed by atoms with E-state index in [0.717, 1.165) is 63.8 Å². The van der Waals surface area contributed by atoms with Gasteiger partial charge in [0.15, 0.2) is 0 Å². The minimum absolute atomic E-state index is 0. The maximum absolute atomic E-state index is 6.12. The molecule has 0 aliphatic carbocycles. The molecule has 4 nitrogen and oxygen atoms in total. The van der Waals surface area contributed by atoms with Gasteiger partial charge in [0.1, 0.15) is 0 Å². The second-order valence-corrected chi connectivity index (χ2v) is 21.6. The van der Waals surface area contributed by atoms with Crippen molar-refractivity contribution in [2.24, 2.45) is 5.41 Å². The molecule has 0 atom stereocenters. The second kappa shape index (κ2) is 17.1. The van der Waals surface area contributed by atoms with Crippen LogP contribution in [-0.2, 0) is 26.5 Å². The van der Waals surface area contributed by atoms with Gasteiger partial charge in [0.25, 0.3) is 0 Å². The van der Waals surface area contributed by atoms with Gasteiger partial charge in [-0.3, -0.25) is 0 Å². The zero-order valence-corrected chi connectivity index (χ0v) is 36.9. The third-order valence-electron chi connectivity index (χ3n) is 10.0. The predicted octanol–water partition coefficient (Wildman–Crippen LogP) is 12.7. The van der Waals surface area contributed by atoms with Crippen molar-refractivity contribution in [3.05, 3.63) is 132 Å². The smallest absolute Gasteiger partial charge is 0.216 e. The first-order valence-corrected chi connectivity index (χ1v) is 22.5. The number of hydrogen-bond acceptors (Lipinski definition) is 4. The number of furan rings is 1. The molecule has 54 heavy (non-hydrogen) atoms. The van der Waals surface area contributed by atoms with Crippen LogP contribution in [0.2, 0.25) is 19.6 Å². The average Bonchev–Trinajstić information content (AvgIpc) is 3.49. The molecule has 0 saturated carbocycles. The third kappa shape index (κ3) is 9.34. The second-order valence-electron chi connectivity index (χ2n) is 16.5. The Bertz CT molecular complexity index is 2330. The normalized spacial score (nSPS) is 11.8. The molecule has 0 bridgehead atoms. The summed E-state index contributed by atoms with van der Waals surface area (Å²) in [5, 5.41) is 3.54. The molecule has 0 aliphatic rings. The van der Waals surface area contributed by atoms with Crippen LogP contribution in [0.1, 0.15) is 75.6 Å². The van der Waals surface area contributed by atoms with Crippen molar-refractivity contribution < 1.29 is 24.5 Å². The maximum atomic E-state index is 6.12. The fourth-order valence-electron chi connectivity index (χ4n) is 7.30. The largest absolute Gasteiger partial charge is 0.486 e. The summed E-state index contributed by atoms with van der Waals surface area (Å²) in [4.78, 5) is 14.2. The van der Waals surface area contributed by atoms with E-state index < -0.39 is 8.07 Å². The molecule has 3 aromatic carbocycles. The van der Waals surface area contributed by atoms with Crippen molar-refractivity contribution in [3.63, 3.8) is 0 Å². The Morgan fingerprint density at radius 1 is 0.759 bits per heavy atom. The summed E-state index contributed by atoms with van der Waals surface area (Å²) < 4.78 is 6.12. The first-order valence-electron chi connectivity index (χ1n) is 19.0. The summed E-state index contributed by atoms with van der Waals surface area (Å²) >= 11 is 0. The van der Waals surface area contributed by atoms with E-state index in [1.54, 1.807) is 0 Å². The van der Waals surface area contributed by atoms with Crippen LogP contribution in [0, 0.1) is 31.4 Å². The van der Waals surface area contributed by atoms with Crippen molar-refractivity contribution >= 4 is 35.3 Å². The fraction of sp³-hybridized carbons (Fsp3) is 0.312. The Morgan fingerprint density at radius 3 is 2.13 bits per heavy atom. The van der Waals surface area contributed by atoms with Crippen molar-refractivity contribution in [2.45, 2.75) is 93.3 Å². The van der Waals surface area contributed by atoms with Gasteiger partial charge in [-0.1, -0.05) is 101 Å². The van der Waals surface area contributed by atoms with E-state index in [9.17, 15) is 0 Å². The molecule has 0 N–H and O–H groups in total. The Balaban J connectivity index is 0.000000223. The molecule has 0 amide bonds. The summed E-state index contributed by atoms with van der Waals surface area (Å²) in [5.74, 6) is 0.558. The average molecular weight is 908 g/mol.